The number of aromatic nitrogens is 2. The molecule has 94 valence electrons. The number of benzene rings is 1. The average molecular weight is 250 g/mol. The van der Waals surface area contributed by atoms with Gasteiger partial charge in [0, 0.05) is 17.5 Å². The first-order chi connectivity index (χ1) is 8.47. The number of aromatic amines is 1. The highest BCUT2D eigenvalue weighted by Gasteiger charge is 2.11. The van der Waals surface area contributed by atoms with Gasteiger partial charge in [0.1, 0.15) is 17.5 Å². The van der Waals surface area contributed by atoms with Gasteiger partial charge >= 0.3 is 0 Å². The third-order valence-corrected chi connectivity index (χ3v) is 2.51. The second-order valence-electron chi connectivity index (χ2n) is 4.29. The molecule has 3 nitrogen and oxygen atoms in total. The number of halogens is 2. The largest absolute Gasteiger partial charge is 0.310 e. The number of rotatable bonds is 2. The Labute approximate surface area is 103 Å². The van der Waals surface area contributed by atoms with Gasteiger partial charge in [-0.05, 0) is 18.2 Å². The Morgan fingerprint density at radius 1 is 1.22 bits per heavy atom. The van der Waals surface area contributed by atoms with Crippen LogP contribution in [-0.4, -0.2) is 9.97 Å². The van der Waals surface area contributed by atoms with Crippen molar-refractivity contribution < 1.29 is 8.78 Å². The molecule has 0 amide bonds. The zero-order chi connectivity index (χ0) is 13.3. The molecular weight excluding hydrogens is 238 g/mol. The van der Waals surface area contributed by atoms with E-state index in [9.17, 15) is 13.6 Å². The quantitative estimate of drug-likeness (QED) is 0.890. The SMILES string of the molecule is CC(C)c1nc(-c2cc(F)ccc2F)cc(=O)[nH]1. The van der Waals surface area contributed by atoms with Crippen LogP contribution in [0.25, 0.3) is 11.3 Å². The van der Waals surface area contributed by atoms with Crippen LogP contribution in [0.1, 0.15) is 25.6 Å². The fraction of sp³-hybridized carbons (Fsp3) is 0.231. The maximum absolute atomic E-state index is 13.6. The molecule has 2 rings (SSSR count). The molecule has 0 aliphatic rings. The Morgan fingerprint density at radius 3 is 2.61 bits per heavy atom. The summed E-state index contributed by atoms with van der Waals surface area (Å²) in [7, 11) is 0. The van der Waals surface area contributed by atoms with Gasteiger partial charge in [-0.1, -0.05) is 13.8 Å². The summed E-state index contributed by atoms with van der Waals surface area (Å²) in [5.41, 5.74) is -0.255. The zero-order valence-electron chi connectivity index (χ0n) is 10.00. The van der Waals surface area contributed by atoms with E-state index in [1.54, 1.807) is 0 Å². The molecule has 0 spiro atoms. The number of hydrogen-bond donors (Lipinski definition) is 1. The van der Waals surface area contributed by atoms with E-state index in [0.29, 0.717) is 5.82 Å². The second kappa shape index (κ2) is 4.68. The molecule has 1 heterocycles. The molecule has 0 saturated carbocycles. The smallest absolute Gasteiger partial charge is 0.251 e. The lowest BCUT2D eigenvalue weighted by Crippen LogP contribution is -2.12. The van der Waals surface area contributed by atoms with Crippen molar-refractivity contribution >= 4 is 0 Å². The maximum Gasteiger partial charge on any atom is 0.251 e. The van der Waals surface area contributed by atoms with Crippen LogP contribution in [0.5, 0.6) is 0 Å². The van der Waals surface area contributed by atoms with Crippen LogP contribution in [0, 0.1) is 11.6 Å². The Kier molecular flexibility index (Phi) is 3.23. The number of nitrogens with zero attached hydrogens (tertiary/aromatic N) is 1. The van der Waals surface area contributed by atoms with Crippen molar-refractivity contribution in [3.8, 4) is 11.3 Å². The van der Waals surface area contributed by atoms with Crippen LogP contribution < -0.4 is 5.56 Å². The Hall–Kier alpha value is -2.04. The lowest BCUT2D eigenvalue weighted by atomic mass is 10.1. The fourth-order valence-electron chi connectivity index (χ4n) is 1.58. The summed E-state index contributed by atoms with van der Waals surface area (Å²) in [6.07, 6.45) is 0. The van der Waals surface area contributed by atoms with Gasteiger partial charge in [-0.2, -0.15) is 0 Å². The van der Waals surface area contributed by atoms with Gasteiger partial charge in [0.25, 0.3) is 5.56 Å². The summed E-state index contributed by atoms with van der Waals surface area (Å²) in [5, 5.41) is 0. The van der Waals surface area contributed by atoms with Crippen molar-refractivity contribution in [2.24, 2.45) is 0 Å². The van der Waals surface area contributed by atoms with Gasteiger partial charge in [-0.3, -0.25) is 4.79 Å². The first kappa shape index (κ1) is 12.4. The van der Waals surface area contributed by atoms with E-state index in [4.69, 9.17) is 0 Å². The Morgan fingerprint density at radius 2 is 1.94 bits per heavy atom. The van der Waals surface area contributed by atoms with Crippen LogP contribution in [-0.2, 0) is 0 Å². The fourth-order valence-corrected chi connectivity index (χ4v) is 1.58. The van der Waals surface area contributed by atoms with Gasteiger partial charge in [-0.25, -0.2) is 13.8 Å². The number of nitrogens with one attached hydrogen (secondary N) is 1. The predicted octanol–water partition coefficient (Wildman–Crippen LogP) is 2.84. The van der Waals surface area contributed by atoms with Gasteiger partial charge in [0.2, 0.25) is 0 Å². The monoisotopic (exact) mass is 250 g/mol. The van der Waals surface area contributed by atoms with Crippen LogP contribution >= 0.6 is 0 Å². The first-order valence-electron chi connectivity index (χ1n) is 5.54. The van der Waals surface area contributed by atoms with Gasteiger partial charge in [-0.15, -0.1) is 0 Å². The summed E-state index contributed by atoms with van der Waals surface area (Å²) in [6.45, 7) is 3.70. The molecule has 0 aliphatic carbocycles. The van der Waals surface area contributed by atoms with Gasteiger partial charge in [0.15, 0.2) is 0 Å². The van der Waals surface area contributed by atoms with E-state index >= 15 is 0 Å². The molecule has 0 aliphatic heterocycles. The third kappa shape index (κ3) is 2.45. The standard InChI is InChI=1S/C13H12F2N2O/c1-7(2)13-16-11(6-12(18)17-13)9-5-8(14)3-4-10(9)15/h3-7H,1-2H3,(H,16,17,18). The topological polar surface area (TPSA) is 45.8 Å². The zero-order valence-corrected chi connectivity index (χ0v) is 10.00. The second-order valence-corrected chi connectivity index (χ2v) is 4.29. The van der Waals surface area contributed by atoms with E-state index in [1.807, 2.05) is 13.8 Å². The van der Waals surface area contributed by atoms with Crippen LogP contribution in [0.4, 0.5) is 8.78 Å². The van der Waals surface area contributed by atoms with E-state index in [2.05, 4.69) is 9.97 Å². The molecule has 0 bridgehead atoms. The van der Waals surface area contributed by atoms with Crippen LogP contribution in [0.2, 0.25) is 0 Å². The van der Waals surface area contributed by atoms with Crippen molar-refractivity contribution in [1.29, 1.82) is 0 Å². The van der Waals surface area contributed by atoms with Crippen molar-refractivity contribution in [2.75, 3.05) is 0 Å². The Bertz CT molecular complexity index is 635. The summed E-state index contributed by atoms with van der Waals surface area (Å²) in [5.74, 6) is -0.737. The molecule has 18 heavy (non-hydrogen) atoms. The lowest BCUT2D eigenvalue weighted by Gasteiger charge is -2.07. The van der Waals surface area contributed by atoms with Crippen molar-refractivity contribution in [3.63, 3.8) is 0 Å². The summed E-state index contributed by atoms with van der Waals surface area (Å²) < 4.78 is 26.7. The molecular formula is C13H12F2N2O. The van der Waals surface area contributed by atoms with Gasteiger partial charge in [0.05, 0.1) is 5.69 Å². The molecule has 0 saturated heterocycles. The van der Waals surface area contributed by atoms with Crippen LogP contribution in [0.3, 0.4) is 0 Å². The molecule has 2 aromatic rings. The molecule has 0 radical (unpaired) electrons. The van der Waals surface area contributed by atoms with Crippen molar-refractivity contribution in [1.82, 2.24) is 9.97 Å². The average Bonchev–Trinajstić information content (AvgIpc) is 2.31. The molecule has 1 N–H and O–H groups in total. The molecule has 1 aromatic carbocycles. The summed E-state index contributed by atoms with van der Waals surface area (Å²) in [4.78, 5) is 18.2. The number of H-pyrrole nitrogens is 1. The molecule has 0 unspecified atom stereocenters. The van der Waals surface area contributed by atoms with Crippen LogP contribution in [0.15, 0.2) is 29.1 Å². The maximum atomic E-state index is 13.6. The van der Waals surface area contributed by atoms with E-state index in [-0.39, 0.29) is 22.7 Å². The van der Waals surface area contributed by atoms with Crippen molar-refractivity contribution in [2.45, 2.75) is 19.8 Å². The predicted molar refractivity (Wildman–Crippen MR) is 64.3 cm³/mol. The minimum Gasteiger partial charge on any atom is -0.310 e. The minimum atomic E-state index is -0.607. The van der Waals surface area contributed by atoms with E-state index < -0.39 is 11.6 Å². The first-order valence-corrected chi connectivity index (χ1v) is 5.54. The minimum absolute atomic E-state index is 0.00531. The molecule has 1 aromatic heterocycles. The highest BCUT2D eigenvalue weighted by atomic mass is 19.1. The normalized spacial score (nSPS) is 10.9. The lowest BCUT2D eigenvalue weighted by molar-refractivity contribution is 0.602. The highest BCUT2D eigenvalue weighted by Crippen LogP contribution is 2.21. The highest BCUT2D eigenvalue weighted by molar-refractivity contribution is 5.59. The number of hydrogen-bond acceptors (Lipinski definition) is 2. The summed E-state index contributed by atoms with van der Waals surface area (Å²) in [6, 6.07) is 4.23. The molecule has 0 fully saturated rings. The summed E-state index contributed by atoms with van der Waals surface area (Å²) >= 11 is 0. The molecule has 5 heteroatoms. The van der Waals surface area contributed by atoms with E-state index in [0.717, 1.165) is 24.3 Å². The Balaban J connectivity index is 2.63. The molecule has 0 atom stereocenters. The van der Waals surface area contributed by atoms with Gasteiger partial charge < -0.3 is 4.98 Å². The van der Waals surface area contributed by atoms with E-state index in [1.165, 1.54) is 0 Å². The van der Waals surface area contributed by atoms with Crippen molar-refractivity contribution in [3.05, 3.63) is 52.1 Å². The third-order valence-electron chi connectivity index (χ3n) is 2.51.